The lowest BCUT2D eigenvalue weighted by molar-refractivity contribution is -0.145. The molecule has 1 aromatic carbocycles. The normalized spacial score (nSPS) is 18.3. The molecule has 170 valence electrons. The maximum absolute atomic E-state index is 13.3. The molecule has 1 atom stereocenters. The van der Waals surface area contributed by atoms with Crippen molar-refractivity contribution in [3.63, 3.8) is 0 Å². The van der Waals surface area contributed by atoms with Crippen molar-refractivity contribution in [2.24, 2.45) is 5.92 Å². The molecule has 1 aliphatic carbocycles. The van der Waals surface area contributed by atoms with E-state index in [9.17, 15) is 14.4 Å². The molecule has 1 saturated carbocycles. The van der Waals surface area contributed by atoms with Crippen LogP contribution >= 0.6 is 0 Å². The van der Waals surface area contributed by atoms with Crippen LogP contribution < -0.4 is 15.5 Å². The van der Waals surface area contributed by atoms with Crippen LogP contribution in [0.25, 0.3) is 0 Å². The Labute approximate surface area is 184 Å². The average molecular weight is 430 g/mol. The van der Waals surface area contributed by atoms with E-state index in [1.807, 2.05) is 38.1 Å². The van der Waals surface area contributed by atoms with Gasteiger partial charge in [0.05, 0.1) is 18.6 Å². The summed E-state index contributed by atoms with van der Waals surface area (Å²) in [6.07, 6.45) is 5.45. The minimum Gasteiger partial charge on any atom is -0.466 e. The number of nitrogens with one attached hydrogen (secondary N) is 2. The second-order valence-corrected chi connectivity index (χ2v) is 9.01. The Morgan fingerprint density at radius 3 is 2.52 bits per heavy atom. The minimum absolute atomic E-state index is 0.0709. The predicted octanol–water partition coefficient (Wildman–Crippen LogP) is 3.56. The van der Waals surface area contributed by atoms with Gasteiger partial charge in [0.2, 0.25) is 5.91 Å². The lowest BCUT2D eigenvalue weighted by atomic mass is 9.79. The first kappa shape index (κ1) is 23.1. The summed E-state index contributed by atoms with van der Waals surface area (Å²) in [5.74, 6) is -0.466. The monoisotopic (exact) mass is 429 g/mol. The Hall–Kier alpha value is -2.57. The van der Waals surface area contributed by atoms with Gasteiger partial charge in [-0.3, -0.25) is 9.59 Å². The van der Waals surface area contributed by atoms with Crippen LogP contribution in [0, 0.1) is 5.92 Å². The molecule has 3 amide bonds. The molecule has 3 rings (SSSR count). The van der Waals surface area contributed by atoms with Crippen molar-refractivity contribution in [1.82, 2.24) is 10.6 Å². The van der Waals surface area contributed by atoms with Crippen LogP contribution in [0.5, 0.6) is 0 Å². The zero-order valence-electron chi connectivity index (χ0n) is 18.9. The van der Waals surface area contributed by atoms with Gasteiger partial charge in [-0.05, 0) is 43.7 Å². The first-order chi connectivity index (χ1) is 14.8. The van der Waals surface area contributed by atoms with Crippen LogP contribution in [0.15, 0.2) is 24.3 Å². The van der Waals surface area contributed by atoms with Gasteiger partial charge in [-0.25, -0.2) is 4.79 Å². The van der Waals surface area contributed by atoms with E-state index in [0.29, 0.717) is 13.2 Å². The van der Waals surface area contributed by atoms with Crippen LogP contribution in [0.4, 0.5) is 10.5 Å². The number of nitrogens with zero attached hydrogens (tertiary/aromatic N) is 1. The Morgan fingerprint density at radius 2 is 1.84 bits per heavy atom. The number of fused-ring (bicyclic) bond motifs is 1. The highest BCUT2D eigenvalue weighted by Gasteiger charge is 2.38. The SMILES string of the molecule is CCOC(=O)CC1(NC(=O)N[C@@H](C(=O)N2CCc3ccccc32)C(C)C)CCCCC1. The summed E-state index contributed by atoms with van der Waals surface area (Å²) in [6.45, 7) is 6.58. The van der Waals surface area contributed by atoms with E-state index in [2.05, 4.69) is 10.6 Å². The maximum Gasteiger partial charge on any atom is 0.315 e. The predicted molar refractivity (Wildman–Crippen MR) is 120 cm³/mol. The molecule has 1 aromatic rings. The van der Waals surface area contributed by atoms with Crippen molar-refractivity contribution in [3.8, 4) is 0 Å². The van der Waals surface area contributed by atoms with Crippen molar-refractivity contribution in [2.75, 3.05) is 18.1 Å². The number of anilines is 1. The Kier molecular flexibility index (Phi) is 7.57. The van der Waals surface area contributed by atoms with E-state index in [0.717, 1.165) is 49.8 Å². The third-order valence-corrected chi connectivity index (χ3v) is 6.35. The summed E-state index contributed by atoms with van der Waals surface area (Å²) in [5.41, 5.74) is 1.46. The molecule has 2 N–H and O–H groups in total. The molecule has 0 aromatic heterocycles. The molecule has 2 aliphatic rings. The third kappa shape index (κ3) is 5.57. The number of carbonyl (C=O) groups excluding carboxylic acids is 3. The zero-order chi connectivity index (χ0) is 22.4. The van der Waals surface area contributed by atoms with Crippen molar-refractivity contribution in [3.05, 3.63) is 29.8 Å². The first-order valence-corrected chi connectivity index (χ1v) is 11.5. The zero-order valence-corrected chi connectivity index (χ0v) is 18.9. The number of urea groups is 1. The Morgan fingerprint density at radius 1 is 1.13 bits per heavy atom. The molecule has 1 heterocycles. The minimum atomic E-state index is -0.644. The van der Waals surface area contributed by atoms with Crippen LogP contribution in [0.3, 0.4) is 0 Å². The second-order valence-electron chi connectivity index (χ2n) is 9.01. The Bertz CT molecular complexity index is 802. The fraction of sp³-hybridized carbons (Fsp3) is 0.625. The standard InChI is InChI=1S/C24H35N3O4/c1-4-31-20(28)16-24(13-8-5-9-14-24)26-23(30)25-21(17(2)3)22(29)27-15-12-18-10-6-7-11-19(18)27/h6-7,10-11,17,21H,4-5,8-9,12-16H2,1-3H3,(H2,25,26,30)/t21-/m1/s1. The largest absolute Gasteiger partial charge is 0.466 e. The second kappa shape index (κ2) is 10.2. The molecule has 1 fully saturated rings. The van der Waals surface area contributed by atoms with E-state index in [-0.39, 0.29) is 24.2 Å². The number of rotatable bonds is 7. The summed E-state index contributed by atoms with van der Waals surface area (Å²) < 4.78 is 5.14. The summed E-state index contributed by atoms with van der Waals surface area (Å²) in [6, 6.07) is 6.85. The van der Waals surface area contributed by atoms with E-state index >= 15 is 0 Å². The molecule has 31 heavy (non-hydrogen) atoms. The lowest BCUT2D eigenvalue weighted by Crippen LogP contribution is -2.59. The number of ether oxygens (including phenoxy) is 1. The first-order valence-electron chi connectivity index (χ1n) is 11.5. The van der Waals surface area contributed by atoms with Crippen LogP contribution in [0.1, 0.15) is 64.9 Å². The van der Waals surface area contributed by atoms with Gasteiger partial charge in [0.1, 0.15) is 6.04 Å². The highest BCUT2D eigenvalue weighted by molar-refractivity contribution is 6.00. The van der Waals surface area contributed by atoms with Gasteiger partial charge in [0, 0.05) is 12.2 Å². The van der Waals surface area contributed by atoms with Crippen molar-refractivity contribution in [1.29, 1.82) is 0 Å². The van der Waals surface area contributed by atoms with Crippen molar-refractivity contribution in [2.45, 2.75) is 77.3 Å². The molecular formula is C24H35N3O4. The Balaban J connectivity index is 1.69. The highest BCUT2D eigenvalue weighted by Crippen LogP contribution is 2.32. The molecule has 0 bridgehead atoms. The van der Waals surface area contributed by atoms with Crippen LogP contribution in [-0.4, -0.2) is 42.6 Å². The van der Waals surface area contributed by atoms with Gasteiger partial charge in [-0.15, -0.1) is 0 Å². The third-order valence-electron chi connectivity index (χ3n) is 6.35. The smallest absolute Gasteiger partial charge is 0.315 e. The van der Waals surface area contributed by atoms with Gasteiger partial charge in [0.25, 0.3) is 0 Å². The molecular weight excluding hydrogens is 394 g/mol. The van der Waals surface area contributed by atoms with E-state index in [1.165, 1.54) is 0 Å². The summed E-state index contributed by atoms with van der Waals surface area (Å²) in [7, 11) is 0. The number of benzene rings is 1. The van der Waals surface area contributed by atoms with E-state index in [1.54, 1.807) is 11.8 Å². The fourth-order valence-corrected chi connectivity index (χ4v) is 4.73. The molecule has 7 heteroatoms. The van der Waals surface area contributed by atoms with Gasteiger partial charge in [-0.2, -0.15) is 0 Å². The highest BCUT2D eigenvalue weighted by atomic mass is 16.5. The number of hydrogen-bond acceptors (Lipinski definition) is 4. The van der Waals surface area contributed by atoms with Crippen molar-refractivity contribution >= 4 is 23.6 Å². The lowest BCUT2D eigenvalue weighted by Gasteiger charge is -2.38. The number of amides is 3. The molecule has 1 aliphatic heterocycles. The van der Waals surface area contributed by atoms with Gasteiger partial charge in [-0.1, -0.05) is 51.3 Å². The average Bonchev–Trinajstić information content (AvgIpc) is 3.16. The van der Waals surface area contributed by atoms with Gasteiger partial charge in [0.15, 0.2) is 0 Å². The van der Waals surface area contributed by atoms with E-state index < -0.39 is 17.6 Å². The quantitative estimate of drug-likeness (QED) is 0.649. The fourth-order valence-electron chi connectivity index (χ4n) is 4.73. The summed E-state index contributed by atoms with van der Waals surface area (Å²) >= 11 is 0. The molecule has 7 nitrogen and oxygen atoms in total. The summed E-state index contributed by atoms with van der Waals surface area (Å²) in [4.78, 5) is 40.3. The number of para-hydroxylation sites is 1. The molecule has 0 unspecified atom stereocenters. The van der Waals surface area contributed by atoms with Gasteiger partial charge < -0.3 is 20.3 Å². The molecule has 0 saturated heterocycles. The number of hydrogen-bond donors (Lipinski definition) is 2. The number of carbonyl (C=O) groups is 3. The van der Waals surface area contributed by atoms with E-state index in [4.69, 9.17) is 4.74 Å². The maximum atomic E-state index is 13.3. The number of esters is 1. The van der Waals surface area contributed by atoms with Crippen LogP contribution in [0.2, 0.25) is 0 Å². The molecule has 0 spiro atoms. The van der Waals surface area contributed by atoms with Crippen molar-refractivity contribution < 1.29 is 19.1 Å². The molecule has 0 radical (unpaired) electrons. The topological polar surface area (TPSA) is 87.7 Å². The van der Waals surface area contributed by atoms with Crippen LogP contribution in [-0.2, 0) is 20.7 Å². The summed E-state index contributed by atoms with van der Waals surface area (Å²) in [5, 5.41) is 5.96. The van der Waals surface area contributed by atoms with Gasteiger partial charge >= 0.3 is 12.0 Å².